The van der Waals surface area contributed by atoms with E-state index in [0.29, 0.717) is 5.69 Å². The lowest BCUT2D eigenvalue weighted by Gasteiger charge is -2.15. The minimum Gasteiger partial charge on any atom is -0.260 e. The third-order valence-corrected chi connectivity index (χ3v) is 3.94. The Bertz CT molecular complexity index is 401. The summed E-state index contributed by atoms with van der Waals surface area (Å²) >= 11 is 0. The van der Waals surface area contributed by atoms with Crippen LogP contribution in [-0.4, -0.2) is 19.4 Å². The third-order valence-electron chi connectivity index (χ3n) is 1.97. The van der Waals surface area contributed by atoms with Gasteiger partial charge in [-0.1, -0.05) is 6.07 Å². The van der Waals surface area contributed by atoms with Crippen molar-refractivity contribution in [1.82, 2.24) is 9.71 Å². The summed E-state index contributed by atoms with van der Waals surface area (Å²) in [5.41, 5.74) is 0.561. The number of nitrogens with one attached hydrogen (secondary N) is 1. The van der Waals surface area contributed by atoms with E-state index in [1.807, 2.05) is 0 Å². The summed E-state index contributed by atoms with van der Waals surface area (Å²) in [6.45, 7) is 5.22. The zero-order valence-electron chi connectivity index (χ0n) is 9.14. The molecule has 0 aromatic carbocycles. The van der Waals surface area contributed by atoms with Crippen LogP contribution in [0.2, 0.25) is 0 Å². The molecule has 0 saturated heterocycles. The maximum absolute atomic E-state index is 11.8. The molecule has 1 heterocycles. The molecule has 1 N–H and O–H groups in total. The molecule has 1 aromatic heterocycles. The van der Waals surface area contributed by atoms with Crippen molar-refractivity contribution in [1.29, 1.82) is 0 Å². The molecule has 0 spiro atoms. The average molecular weight is 228 g/mol. The fourth-order valence-electron chi connectivity index (χ4n) is 1.21. The molecule has 0 unspecified atom stereocenters. The zero-order valence-corrected chi connectivity index (χ0v) is 9.95. The van der Waals surface area contributed by atoms with Gasteiger partial charge in [-0.3, -0.25) is 4.98 Å². The molecule has 15 heavy (non-hydrogen) atoms. The Kier molecular flexibility index (Phi) is 3.82. The van der Waals surface area contributed by atoms with E-state index in [1.54, 1.807) is 45.2 Å². The molecule has 0 aliphatic heterocycles. The van der Waals surface area contributed by atoms with Gasteiger partial charge in [0.1, 0.15) is 5.25 Å². The molecular formula is C10H16N2O2S. The normalized spacial score (nSPS) is 14.1. The second kappa shape index (κ2) is 4.72. The Balaban J connectivity index is 2.90. The summed E-state index contributed by atoms with van der Waals surface area (Å²) in [5, 5.41) is -0.624. The first-order valence-corrected chi connectivity index (χ1v) is 6.40. The van der Waals surface area contributed by atoms with Gasteiger partial charge >= 0.3 is 0 Å². The van der Waals surface area contributed by atoms with Crippen LogP contribution in [0.15, 0.2) is 24.4 Å². The maximum Gasteiger partial charge on any atom is 0.220 e. The van der Waals surface area contributed by atoms with Gasteiger partial charge in [-0.2, -0.15) is 0 Å². The van der Waals surface area contributed by atoms with E-state index < -0.39 is 15.3 Å². The molecule has 0 aliphatic rings. The first-order chi connectivity index (χ1) is 6.93. The van der Waals surface area contributed by atoms with Crippen LogP contribution in [0.3, 0.4) is 0 Å². The van der Waals surface area contributed by atoms with Gasteiger partial charge in [0.25, 0.3) is 0 Å². The Morgan fingerprint density at radius 3 is 2.40 bits per heavy atom. The Hall–Kier alpha value is -0.940. The van der Waals surface area contributed by atoms with E-state index in [-0.39, 0.29) is 6.04 Å². The highest BCUT2D eigenvalue weighted by Crippen LogP contribution is 2.18. The molecule has 1 aromatic rings. The van der Waals surface area contributed by atoms with Gasteiger partial charge in [0.15, 0.2) is 0 Å². The lowest BCUT2D eigenvalue weighted by Crippen LogP contribution is -2.33. The van der Waals surface area contributed by atoms with Crippen LogP contribution in [-0.2, 0) is 10.0 Å². The number of pyridine rings is 1. The number of hydrogen-bond donors (Lipinski definition) is 1. The summed E-state index contributed by atoms with van der Waals surface area (Å²) in [6.07, 6.45) is 1.59. The molecule has 84 valence electrons. The SMILES string of the molecule is CC(C)NS(=O)(=O)[C@@H](C)c1ccccn1. The smallest absolute Gasteiger partial charge is 0.220 e. The summed E-state index contributed by atoms with van der Waals surface area (Å²) in [6, 6.07) is 5.16. The minimum atomic E-state index is -3.33. The molecule has 0 saturated carbocycles. The van der Waals surface area contributed by atoms with E-state index in [1.165, 1.54) is 0 Å². The summed E-state index contributed by atoms with van der Waals surface area (Å²) < 4.78 is 26.1. The number of aromatic nitrogens is 1. The van der Waals surface area contributed by atoms with Gasteiger partial charge < -0.3 is 0 Å². The van der Waals surface area contributed by atoms with Crippen molar-refractivity contribution < 1.29 is 8.42 Å². The lowest BCUT2D eigenvalue weighted by molar-refractivity contribution is 0.558. The van der Waals surface area contributed by atoms with Crippen LogP contribution in [0.4, 0.5) is 0 Å². The van der Waals surface area contributed by atoms with E-state index in [9.17, 15) is 8.42 Å². The van der Waals surface area contributed by atoms with Crippen molar-refractivity contribution >= 4 is 10.0 Å². The summed E-state index contributed by atoms with van der Waals surface area (Å²) in [4.78, 5) is 4.03. The number of rotatable bonds is 4. The van der Waals surface area contributed by atoms with Crippen molar-refractivity contribution in [3.8, 4) is 0 Å². The summed E-state index contributed by atoms with van der Waals surface area (Å²) in [5.74, 6) is 0. The van der Waals surface area contributed by atoms with Crippen molar-refractivity contribution in [2.24, 2.45) is 0 Å². The van der Waals surface area contributed by atoms with Crippen LogP contribution in [0.25, 0.3) is 0 Å². The monoisotopic (exact) mass is 228 g/mol. The highest BCUT2D eigenvalue weighted by Gasteiger charge is 2.23. The zero-order chi connectivity index (χ0) is 11.5. The van der Waals surface area contributed by atoms with Crippen LogP contribution < -0.4 is 4.72 Å². The second-order valence-electron chi connectivity index (χ2n) is 3.71. The largest absolute Gasteiger partial charge is 0.260 e. The molecule has 0 fully saturated rings. The molecule has 0 amide bonds. The van der Waals surface area contributed by atoms with E-state index in [0.717, 1.165) is 0 Å². The first kappa shape index (κ1) is 12.1. The first-order valence-electron chi connectivity index (χ1n) is 4.85. The van der Waals surface area contributed by atoms with Crippen molar-refractivity contribution in [3.05, 3.63) is 30.1 Å². The van der Waals surface area contributed by atoms with Gasteiger partial charge in [-0.15, -0.1) is 0 Å². The average Bonchev–Trinajstić information content (AvgIpc) is 2.16. The maximum atomic E-state index is 11.8. The Morgan fingerprint density at radius 1 is 1.27 bits per heavy atom. The molecule has 4 nitrogen and oxygen atoms in total. The Morgan fingerprint density at radius 2 is 1.93 bits per heavy atom. The fourth-order valence-corrected chi connectivity index (χ4v) is 2.52. The quantitative estimate of drug-likeness (QED) is 0.849. The van der Waals surface area contributed by atoms with Crippen LogP contribution in [0, 0.1) is 0 Å². The van der Waals surface area contributed by atoms with E-state index in [4.69, 9.17) is 0 Å². The standard InChI is InChI=1S/C10H16N2O2S/c1-8(2)12-15(13,14)9(3)10-6-4-5-7-11-10/h4-9,12H,1-3H3/t9-/m0/s1. The molecule has 0 aliphatic carbocycles. The van der Waals surface area contributed by atoms with Gasteiger partial charge in [-0.25, -0.2) is 13.1 Å². The van der Waals surface area contributed by atoms with Gasteiger partial charge in [0.2, 0.25) is 10.0 Å². The topological polar surface area (TPSA) is 59.1 Å². The van der Waals surface area contributed by atoms with Crippen molar-refractivity contribution in [2.45, 2.75) is 32.1 Å². The van der Waals surface area contributed by atoms with Crippen molar-refractivity contribution in [3.63, 3.8) is 0 Å². The van der Waals surface area contributed by atoms with Gasteiger partial charge in [0.05, 0.1) is 5.69 Å². The lowest BCUT2D eigenvalue weighted by atomic mass is 10.3. The van der Waals surface area contributed by atoms with Crippen LogP contribution in [0.5, 0.6) is 0 Å². The predicted molar refractivity (Wildman–Crippen MR) is 59.8 cm³/mol. The molecule has 1 atom stereocenters. The van der Waals surface area contributed by atoms with Crippen LogP contribution in [0.1, 0.15) is 31.7 Å². The number of nitrogens with zero attached hydrogens (tertiary/aromatic N) is 1. The highest BCUT2D eigenvalue weighted by atomic mass is 32.2. The second-order valence-corrected chi connectivity index (χ2v) is 5.75. The third kappa shape index (κ3) is 3.28. The molecular weight excluding hydrogens is 212 g/mol. The predicted octanol–water partition coefficient (Wildman–Crippen LogP) is 1.47. The summed E-state index contributed by atoms with van der Waals surface area (Å²) in [7, 11) is -3.33. The molecule has 0 radical (unpaired) electrons. The van der Waals surface area contributed by atoms with E-state index >= 15 is 0 Å². The minimum absolute atomic E-state index is 0.0961. The van der Waals surface area contributed by atoms with Crippen molar-refractivity contribution in [2.75, 3.05) is 0 Å². The number of hydrogen-bond acceptors (Lipinski definition) is 3. The molecule has 1 rings (SSSR count). The van der Waals surface area contributed by atoms with E-state index in [2.05, 4.69) is 9.71 Å². The molecule has 5 heteroatoms. The number of sulfonamides is 1. The van der Waals surface area contributed by atoms with Crippen LogP contribution >= 0.6 is 0 Å². The fraction of sp³-hybridized carbons (Fsp3) is 0.500. The molecule has 0 bridgehead atoms. The highest BCUT2D eigenvalue weighted by molar-refractivity contribution is 7.89. The Labute approximate surface area is 90.8 Å². The van der Waals surface area contributed by atoms with Gasteiger partial charge in [-0.05, 0) is 32.9 Å². The van der Waals surface area contributed by atoms with Gasteiger partial charge in [0, 0.05) is 12.2 Å².